The van der Waals surface area contributed by atoms with E-state index in [2.05, 4.69) is 4.98 Å². The Bertz CT molecular complexity index is 728. The highest BCUT2D eigenvalue weighted by atomic mass is 16.3. The van der Waals surface area contributed by atoms with Crippen molar-refractivity contribution in [3.63, 3.8) is 0 Å². The summed E-state index contributed by atoms with van der Waals surface area (Å²) in [5.41, 5.74) is 6.93. The second kappa shape index (κ2) is 6.84. The molecule has 0 aliphatic carbocycles. The number of benzene rings is 1. The van der Waals surface area contributed by atoms with Crippen LogP contribution in [0.1, 0.15) is 21.9 Å². The van der Waals surface area contributed by atoms with Gasteiger partial charge in [-0.2, -0.15) is 0 Å². The number of hydrogen-bond donors (Lipinski definition) is 1. The van der Waals surface area contributed by atoms with Gasteiger partial charge in [0, 0.05) is 33.1 Å². The van der Waals surface area contributed by atoms with E-state index in [9.17, 15) is 9.59 Å². The van der Waals surface area contributed by atoms with Crippen molar-refractivity contribution in [2.24, 2.45) is 5.73 Å². The lowest BCUT2D eigenvalue weighted by atomic mass is 10.1. The van der Waals surface area contributed by atoms with Crippen LogP contribution >= 0.6 is 0 Å². The Kier molecular flexibility index (Phi) is 4.61. The average Bonchev–Trinajstić information content (AvgIpc) is 3.02. The number of carbonyl (C=O) groups excluding carboxylic acids is 2. The van der Waals surface area contributed by atoms with Crippen molar-refractivity contribution in [2.75, 3.05) is 19.6 Å². The highest BCUT2D eigenvalue weighted by molar-refractivity contribution is 5.92. The van der Waals surface area contributed by atoms with Gasteiger partial charge in [0.15, 0.2) is 11.6 Å². The Morgan fingerprint density at radius 2 is 2.04 bits per heavy atom. The van der Waals surface area contributed by atoms with E-state index in [1.165, 1.54) is 6.26 Å². The first-order valence-corrected chi connectivity index (χ1v) is 7.83. The average molecular weight is 328 g/mol. The van der Waals surface area contributed by atoms with Gasteiger partial charge in [0.1, 0.15) is 12.3 Å². The van der Waals surface area contributed by atoms with E-state index >= 15 is 0 Å². The monoisotopic (exact) mass is 328 g/mol. The Morgan fingerprint density at radius 1 is 1.29 bits per heavy atom. The minimum Gasteiger partial charge on any atom is -0.448 e. The highest BCUT2D eigenvalue weighted by Gasteiger charge is 2.34. The largest absolute Gasteiger partial charge is 0.448 e. The number of nitrogens with zero attached hydrogens (tertiary/aromatic N) is 3. The molecular formula is C17H20N4O3. The van der Waals surface area contributed by atoms with Crippen molar-refractivity contribution in [1.82, 2.24) is 14.8 Å². The molecule has 2 heterocycles. The molecule has 1 fully saturated rings. The van der Waals surface area contributed by atoms with Gasteiger partial charge in [-0.05, 0) is 5.56 Å². The van der Waals surface area contributed by atoms with Gasteiger partial charge >= 0.3 is 0 Å². The molecular weight excluding hydrogens is 308 g/mol. The summed E-state index contributed by atoms with van der Waals surface area (Å²) in [6.07, 6.45) is 1.34. The van der Waals surface area contributed by atoms with Crippen LogP contribution in [0.15, 0.2) is 41.0 Å². The fourth-order valence-corrected chi connectivity index (χ4v) is 2.91. The number of amides is 2. The summed E-state index contributed by atoms with van der Waals surface area (Å²) in [6, 6.07) is 9.37. The minimum atomic E-state index is -0.518. The summed E-state index contributed by atoms with van der Waals surface area (Å²) in [4.78, 5) is 32.0. The standard InChI is InChI=1S/C17H20N4O3/c1-12-19-14(11-24-12)17(23)21-8-7-20(15(10-21)16(18)22)9-13-5-3-2-4-6-13/h2-6,11,15H,7-10H2,1H3,(H2,18,22). The smallest absolute Gasteiger partial charge is 0.275 e. The number of aromatic nitrogens is 1. The van der Waals surface area contributed by atoms with Crippen molar-refractivity contribution in [3.8, 4) is 0 Å². The van der Waals surface area contributed by atoms with E-state index in [1.54, 1.807) is 11.8 Å². The number of hydrogen-bond acceptors (Lipinski definition) is 5. The summed E-state index contributed by atoms with van der Waals surface area (Å²) >= 11 is 0. The van der Waals surface area contributed by atoms with Crippen LogP contribution in [-0.2, 0) is 11.3 Å². The predicted octanol–water partition coefficient (Wildman–Crippen LogP) is 0.795. The summed E-state index contributed by atoms with van der Waals surface area (Å²) in [5, 5.41) is 0. The predicted molar refractivity (Wildman–Crippen MR) is 87.0 cm³/mol. The van der Waals surface area contributed by atoms with Gasteiger partial charge in [-0.25, -0.2) is 4.98 Å². The molecule has 2 N–H and O–H groups in total. The molecule has 1 unspecified atom stereocenters. The number of nitrogens with two attached hydrogens (primary N) is 1. The first kappa shape index (κ1) is 16.2. The Balaban J connectivity index is 1.71. The number of aryl methyl sites for hydroxylation is 1. The van der Waals surface area contributed by atoms with Crippen LogP contribution < -0.4 is 5.73 Å². The molecule has 1 aromatic heterocycles. The van der Waals surface area contributed by atoms with E-state index < -0.39 is 11.9 Å². The van der Waals surface area contributed by atoms with Crippen LogP contribution in [0, 0.1) is 6.92 Å². The number of oxazole rings is 1. The maximum absolute atomic E-state index is 12.5. The van der Waals surface area contributed by atoms with Crippen LogP contribution in [0.4, 0.5) is 0 Å². The zero-order valence-electron chi connectivity index (χ0n) is 13.5. The lowest BCUT2D eigenvalue weighted by molar-refractivity contribution is -0.125. The molecule has 24 heavy (non-hydrogen) atoms. The molecule has 0 bridgehead atoms. The van der Waals surface area contributed by atoms with Gasteiger partial charge in [-0.15, -0.1) is 0 Å². The van der Waals surface area contributed by atoms with Crippen LogP contribution in [0.2, 0.25) is 0 Å². The Hall–Kier alpha value is -2.67. The summed E-state index contributed by atoms with van der Waals surface area (Å²) in [7, 11) is 0. The third-order valence-corrected chi connectivity index (χ3v) is 4.17. The molecule has 2 aromatic rings. The summed E-state index contributed by atoms with van der Waals surface area (Å²) < 4.78 is 5.09. The van der Waals surface area contributed by atoms with Crippen LogP contribution in [0.25, 0.3) is 0 Å². The molecule has 126 valence electrons. The number of piperazine rings is 1. The van der Waals surface area contributed by atoms with Gasteiger partial charge in [0.25, 0.3) is 5.91 Å². The molecule has 7 nitrogen and oxygen atoms in total. The lowest BCUT2D eigenvalue weighted by Crippen LogP contribution is -2.58. The molecule has 1 aromatic carbocycles. The van der Waals surface area contributed by atoms with E-state index in [-0.39, 0.29) is 18.1 Å². The topological polar surface area (TPSA) is 92.7 Å². The fraction of sp³-hybridized carbons (Fsp3) is 0.353. The molecule has 0 spiro atoms. The third kappa shape index (κ3) is 3.46. The Morgan fingerprint density at radius 3 is 2.67 bits per heavy atom. The van der Waals surface area contributed by atoms with Gasteiger partial charge in [-0.1, -0.05) is 30.3 Å². The molecule has 2 amide bonds. The van der Waals surface area contributed by atoms with E-state index in [4.69, 9.17) is 10.2 Å². The maximum atomic E-state index is 12.5. The van der Waals surface area contributed by atoms with Crippen molar-refractivity contribution < 1.29 is 14.0 Å². The molecule has 0 radical (unpaired) electrons. The molecule has 1 aliphatic rings. The number of carbonyl (C=O) groups is 2. The van der Waals surface area contributed by atoms with E-state index in [1.807, 2.05) is 35.2 Å². The van der Waals surface area contributed by atoms with Crippen molar-refractivity contribution in [2.45, 2.75) is 19.5 Å². The van der Waals surface area contributed by atoms with Crippen LogP contribution in [-0.4, -0.2) is 52.3 Å². The van der Waals surface area contributed by atoms with E-state index in [0.29, 0.717) is 25.5 Å². The highest BCUT2D eigenvalue weighted by Crippen LogP contribution is 2.16. The zero-order valence-corrected chi connectivity index (χ0v) is 13.5. The number of primary amides is 1. The van der Waals surface area contributed by atoms with Gasteiger partial charge < -0.3 is 15.1 Å². The maximum Gasteiger partial charge on any atom is 0.275 e. The van der Waals surface area contributed by atoms with Crippen LogP contribution in [0.5, 0.6) is 0 Å². The molecule has 0 saturated carbocycles. The first-order valence-electron chi connectivity index (χ1n) is 7.83. The zero-order chi connectivity index (χ0) is 17.1. The summed E-state index contributed by atoms with van der Waals surface area (Å²) in [6.45, 7) is 3.65. The molecule has 1 saturated heterocycles. The minimum absolute atomic E-state index is 0.238. The second-order valence-corrected chi connectivity index (χ2v) is 5.88. The molecule has 7 heteroatoms. The lowest BCUT2D eigenvalue weighted by Gasteiger charge is -2.39. The molecule has 1 atom stereocenters. The fourth-order valence-electron chi connectivity index (χ4n) is 2.91. The van der Waals surface area contributed by atoms with Crippen molar-refractivity contribution in [3.05, 3.63) is 53.7 Å². The quantitative estimate of drug-likeness (QED) is 0.896. The first-order chi connectivity index (χ1) is 11.5. The van der Waals surface area contributed by atoms with Crippen LogP contribution in [0.3, 0.4) is 0 Å². The summed E-state index contributed by atoms with van der Waals surface area (Å²) in [5.74, 6) is -0.232. The van der Waals surface area contributed by atoms with Gasteiger partial charge in [0.2, 0.25) is 5.91 Å². The third-order valence-electron chi connectivity index (χ3n) is 4.17. The molecule has 1 aliphatic heterocycles. The van der Waals surface area contributed by atoms with Gasteiger partial charge in [0.05, 0.1) is 0 Å². The van der Waals surface area contributed by atoms with Crippen molar-refractivity contribution in [1.29, 1.82) is 0 Å². The molecule has 3 rings (SSSR count). The van der Waals surface area contributed by atoms with Crippen molar-refractivity contribution >= 4 is 11.8 Å². The second-order valence-electron chi connectivity index (χ2n) is 5.88. The van der Waals surface area contributed by atoms with E-state index in [0.717, 1.165) is 5.56 Å². The normalized spacial score (nSPS) is 18.5. The SMILES string of the molecule is Cc1nc(C(=O)N2CCN(Cc3ccccc3)C(C(N)=O)C2)co1. The Labute approximate surface area is 140 Å². The van der Waals surface area contributed by atoms with Gasteiger partial charge in [-0.3, -0.25) is 14.5 Å². The number of rotatable bonds is 4.